The zero-order chi connectivity index (χ0) is 18.8. The Morgan fingerprint density at radius 2 is 2.15 bits per heavy atom. The fraction of sp³-hybridized carbons (Fsp3) is 0.389. The van der Waals surface area contributed by atoms with Crippen LogP contribution < -0.4 is 14.8 Å². The van der Waals surface area contributed by atoms with Crippen molar-refractivity contribution in [3.8, 4) is 11.5 Å². The number of benzene rings is 1. The van der Waals surface area contributed by atoms with E-state index in [4.69, 9.17) is 14.2 Å². The minimum Gasteiger partial charge on any atom is -0.493 e. The average molecular weight is 360 g/mol. The van der Waals surface area contributed by atoms with Crippen LogP contribution in [-0.4, -0.2) is 49.5 Å². The van der Waals surface area contributed by atoms with Crippen LogP contribution in [0.15, 0.2) is 24.8 Å². The molecule has 138 valence electrons. The van der Waals surface area contributed by atoms with Gasteiger partial charge in [0.2, 0.25) is 18.0 Å². The van der Waals surface area contributed by atoms with Gasteiger partial charge in [-0.15, -0.1) is 6.58 Å². The lowest BCUT2D eigenvalue weighted by molar-refractivity contribution is -0.145. The monoisotopic (exact) mass is 360 g/mol. The van der Waals surface area contributed by atoms with Gasteiger partial charge >= 0.3 is 5.97 Å². The van der Waals surface area contributed by atoms with Gasteiger partial charge in [-0.05, 0) is 18.6 Å². The van der Waals surface area contributed by atoms with Gasteiger partial charge in [-0.25, -0.2) is 4.79 Å². The van der Waals surface area contributed by atoms with Crippen molar-refractivity contribution in [2.75, 3.05) is 20.8 Å². The summed E-state index contributed by atoms with van der Waals surface area (Å²) in [7, 11) is 2.89. The Hall–Kier alpha value is -3.03. The van der Waals surface area contributed by atoms with Crippen molar-refractivity contribution < 1.29 is 28.6 Å². The lowest BCUT2D eigenvalue weighted by Gasteiger charge is -2.29. The summed E-state index contributed by atoms with van der Waals surface area (Å²) in [6.07, 6.45) is 1.16. The van der Waals surface area contributed by atoms with Crippen molar-refractivity contribution in [1.82, 2.24) is 10.2 Å². The third kappa shape index (κ3) is 2.77. The number of carbonyl (C=O) groups is 3. The molecule has 1 fully saturated rings. The molecule has 0 bridgehead atoms. The molecule has 2 atom stereocenters. The van der Waals surface area contributed by atoms with Crippen molar-refractivity contribution >= 4 is 17.8 Å². The molecule has 2 aliphatic heterocycles. The van der Waals surface area contributed by atoms with Crippen LogP contribution >= 0.6 is 0 Å². The molecular weight excluding hydrogens is 340 g/mol. The Kier molecular flexibility index (Phi) is 4.83. The first-order chi connectivity index (χ1) is 12.5. The van der Waals surface area contributed by atoms with Gasteiger partial charge in [0.05, 0.1) is 14.2 Å². The highest BCUT2D eigenvalue weighted by molar-refractivity contribution is 5.99. The number of ether oxygens (including phenoxy) is 3. The van der Waals surface area contributed by atoms with Crippen LogP contribution in [0.1, 0.15) is 35.0 Å². The van der Waals surface area contributed by atoms with Crippen LogP contribution in [0.25, 0.3) is 0 Å². The maximum absolute atomic E-state index is 12.4. The Labute approximate surface area is 150 Å². The van der Waals surface area contributed by atoms with E-state index in [1.807, 2.05) is 0 Å². The molecule has 3 rings (SSSR count). The predicted molar refractivity (Wildman–Crippen MR) is 90.8 cm³/mol. The van der Waals surface area contributed by atoms with E-state index in [9.17, 15) is 14.4 Å². The highest BCUT2D eigenvalue weighted by Gasteiger charge is 2.47. The van der Waals surface area contributed by atoms with Crippen LogP contribution in [0.3, 0.4) is 0 Å². The molecule has 2 aliphatic rings. The van der Waals surface area contributed by atoms with Gasteiger partial charge in [-0.3, -0.25) is 14.5 Å². The quantitative estimate of drug-likeness (QED) is 0.604. The number of amides is 2. The van der Waals surface area contributed by atoms with Gasteiger partial charge in [0.15, 0.2) is 11.5 Å². The molecule has 1 saturated heterocycles. The fourth-order valence-corrected chi connectivity index (χ4v) is 3.33. The number of nitrogens with one attached hydrogen (secondary N) is 1. The summed E-state index contributed by atoms with van der Waals surface area (Å²) in [6.45, 7) is 3.85. The van der Waals surface area contributed by atoms with Gasteiger partial charge in [0, 0.05) is 18.5 Å². The third-order valence-corrected chi connectivity index (χ3v) is 4.50. The topological polar surface area (TPSA) is 94.2 Å². The Balaban J connectivity index is 1.98. The number of likely N-dealkylation sites (tertiary alicyclic amines) is 1. The maximum Gasteiger partial charge on any atom is 0.344 e. The Bertz CT molecular complexity index is 775. The van der Waals surface area contributed by atoms with E-state index in [-0.39, 0.29) is 29.5 Å². The molecule has 8 nitrogen and oxygen atoms in total. The molecule has 0 aliphatic carbocycles. The molecule has 0 saturated carbocycles. The number of cyclic esters (lactones) is 1. The average Bonchev–Trinajstić information content (AvgIpc) is 3.18. The first-order valence-corrected chi connectivity index (χ1v) is 8.19. The van der Waals surface area contributed by atoms with Crippen LogP contribution in [0.5, 0.6) is 11.5 Å². The minimum atomic E-state index is -0.966. The van der Waals surface area contributed by atoms with Crippen molar-refractivity contribution in [2.24, 2.45) is 0 Å². The number of carbonyl (C=O) groups excluding carboxylic acids is 3. The number of methoxy groups -OCH3 is 2. The molecule has 1 aromatic carbocycles. The largest absolute Gasteiger partial charge is 0.493 e. The van der Waals surface area contributed by atoms with E-state index in [0.29, 0.717) is 24.3 Å². The van der Waals surface area contributed by atoms with E-state index in [1.54, 1.807) is 18.2 Å². The second kappa shape index (κ2) is 7.07. The van der Waals surface area contributed by atoms with Gasteiger partial charge in [0.25, 0.3) is 0 Å². The molecule has 0 radical (unpaired) electrons. The van der Waals surface area contributed by atoms with E-state index < -0.39 is 18.2 Å². The van der Waals surface area contributed by atoms with Crippen LogP contribution in [0.4, 0.5) is 0 Å². The number of fused-ring (bicyclic) bond motifs is 1. The molecule has 1 N–H and O–H groups in total. The lowest BCUT2D eigenvalue weighted by Crippen LogP contribution is -2.46. The summed E-state index contributed by atoms with van der Waals surface area (Å²) in [6, 6.07) is 2.58. The summed E-state index contributed by atoms with van der Waals surface area (Å²) < 4.78 is 15.9. The second-order valence-corrected chi connectivity index (χ2v) is 5.91. The summed E-state index contributed by atoms with van der Waals surface area (Å²) in [5, 5.41) is 2.69. The van der Waals surface area contributed by atoms with Crippen molar-refractivity contribution in [1.29, 1.82) is 0 Å². The first-order valence-electron chi connectivity index (χ1n) is 8.19. The summed E-state index contributed by atoms with van der Waals surface area (Å²) in [4.78, 5) is 38.6. The molecule has 8 heteroatoms. The number of rotatable bonds is 6. The zero-order valence-electron chi connectivity index (χ0n) is 14.6. The van der Waals surface area contributed by atoms with Gasteiger partial charge in [-0.2, -0.15) is 0 Å². The zero-order valence-corrected chi connectivity index (χ0v) is 14.6. The van der Waals surface area contributed by atoms with Crippen LogP contribution in [0, 0.1) is 0 Å². The van der Waals surface area contributed by atoms with Gasteiger partial charge < -0.3 is 19.5 Å². The molecule has 26 heavy (non-hydrogen) atoms. The van der Waals surface area contributed by atoms with E-state index in [0.717, 1.165) is 0 Å². The molecule has 1 aromatic rings. The Morgan fingerprint density at radius 1 is 1.38 bits per heavy atom. The Morgan fingerprint density at radius 3 is 2.81 bits per heavy atom. The lowest BCUT2D eigenvalue weighted by atomic mass is 10.1. The normalized spacial score (nSPS) is 21.2. The molecule has 2 heterocycles. The highest BCUT2D eigenvalue weighted by Crippen LogP contribution is 2.45. The summed E-state index contributed by atoms with van der Waals surface area (Å²) in [5.41, 5.74) is 0.686. The highest BCUT2D eigenvalue weighted by atomic mass is 16.6. The summed E-state index contributed by atoms with van der Waals surface area (Å²) >= 11 is 0. The van der Waals surface area contributed by atoms with E-state index in [1.165, 1.54) is 19.1 Å². The number of hydrogen-bond acceptors (Lipinski definition) is 6. The van der Waals surface area contributed by atoms with Crippen molar-refractivity contribution in [2.45, 2.75) is 25.1 Å². The van der Waals surface area contributed by atoms with Gasteiger partial charge in [0.1, 0.15) is 11.6 Å². The van der Waals surface area contributed by atoms with E-state index >= 15 is 0 Å². The molecule has 0 aromatic heterocycles. The molecule has 0 spiro atoms. The van der Waals surface area contributed by atoms with Crippen molar-refractivity contribution in [3.63, 3.8) is 0 Å². The standard InChI is InChI=1S/C18H20N2O6/c1-4-9-19-16(22)11-6-8-13(21)20(11)17-10-5-7-12(24-2)15(25-3)14(10)18(23)26-17/h4-5,7,11,17H,1,6,8-9H2,2-3H3,(H,19,22)/t11-,17-/m0/s1. The SMILES string of the molecule is C=CCNC(=O)[C@@H]1CCC(=O)N1[C@H]1OC(=O)c2c1ccc(OC)c2OC. The molecule has 2 amide bonds. The predicted octanol–water partition coefficient (Wildman–Crippen LogP) is 1.17. The first kappa shape index (κ1) is 17.8. The maximum atomic E-state index is 12.4. The second-order valence-electron chi connectivity index (χ2n) is 5.91. The van der Waals surface area contributed by atoms with E-state index in [2.05, 4.69) is 11.9 Å². The number of esters is 1. The number of hydrogen-bond donors (Lipinski definition) is 1. The van der Waals surface area contributed by atoms with Crippen LogP contribution in [-0.2, 0) is 14.3 Å². The minimum absolute atomic E-state index is 0.210. The van der Waals surface area contributed by atoms with Crippen LogP contribution in [0.2, 0.25) is 0 Å². The van der Waals surface area contributed by atoms with Gasteiger partial charge in [-0.1, -0.05) is 6.08 Å². The van der Waals surface area contributed by atoms with Crippen molar-refractivity contribution in [3.05, 3.63) is 35.9 Å². The number of nitrogens with zero attached hydrogens (tertiary/aromatic N) is 1. The summed E-state index contributed by atoms with van der Waals surface area (Å²) in [5.74, 6) is -0.538. The molecule has 0 unspecified atom stereocenters. The smallest absolute Gasteiger partial charge is 0.344 e. The third-order valence-electron chi connectivity index (χ3n) is 4.50. The molecular formula is C18H20N2O6. The fourth-order valence-electron chi connectivity index (χ4n) is 3.33.